The number of benzene rings is 4. The minimum absolute atomic E-state index is 0.0368. The molecular formula is C30H18N2O6. The number of amides is 2. The van der Waals surface area contributed by atoms with Gasteiger partial charge in [0, 0.05) is 33.3 Å². The Morgan fingerprint density at radius 2 is 1.26 bits per heavy atom. The smallest absolute Gasteiger partial charge is 0.336 e. The highest BCUT2D eigenvalue weighted by Crippen LogP contribution is 2.31. The molecule has 4 aromatic rings. The lowest BCUT2D eigenvalue weighted by atomic mass is 10.0. The molecule has 4 rings (SSSR count). The van der Waals surface area contributed by atoms with Crippen LogP contribution in [-0.4, -0.2) is 29.4 Å². The van der Waals surface area contributed by atoms with Crippen molar-refractivity contribution >= 4 is 46.4 Å². The van der Waals surface area contributed by atoms with E-state index in [1.54, 1.807) is 42.5 Å². The molecule has 0 aliphatic rings. The van der Waals surface area contributed by atoms with Crippen molar-refractivity contribution < 1.29 is 29.0 Å². The van der Waals surface area contributed by atoms with Gasteiger partial charge in [0.25, 0.3) is 18.3 Å². The molecule has 0 aromatic heterocycles. The number of carboxylic acid groups (broad SMARTS) is 1. The fourth-order valence-corrected chi connectivity index (χ4v) is 3.87. The van der Waals surface area contributed by atoms with E-state index in [-0.39, 0.29) is 28.9 Å². The molecule has 0 bridgehead atoms. The first-order chi connectivity index (χ1) is 18.4. The number of carboxylic acids is 1. The highest BCUT2D eigenvalue weighted by atomic mass is 16.5. The van der Waals surface area contributed by atoms with Gasteiger partial charge in [0.2, 0.25) is 0 Å². The van der Waals surface area contributed by atoms with Crippen LogP contribution in [0.15, 0.2) is 72.8 Å². The maximum atomic E-state index is 13.1. The van der Waals surface area contributed by atoms with E-state index in [1.807, 2.05) is 0 Å². The van der Waals surface area contributed by atoms with Crippen molar-refractivity contribution in [2.75, 3.05) is 10.6 Å². The quantitative estimate of drug-likeness (QED) is 0.252. The van der Waals surface area contributed by atoms with E-state index in [4.69, 9.17) is 17.6 Å². The minimum Gasteiger partial charge on any atom is -0.478 e. The van der Waals surface area contributed by atoms with E-state index in [9.17, 15) is 24.3 Å². The zero-order valence-electron chi connectivity index (χ0n) is 19.6. The molecule has 0 fully saturated rings. The Morgan fingerprint density at radius 1 is 0.737 bits per heavy atom. The molecule has 4 aromatic carbocycles. The van der Waals surface area contributed by atoms with Crippen molar-refractivity contribution in [2.24, 2.45) is 0 Å². The second kappa shape index (κ2) is 10.8. The Hall–Kier alpha value is -5.86. The van der Waals surface area contributed by atoms with Crippen LogP contribution in [0.1, 0.15) is 42.2 Å². The number of rotatable bonds is 7. The molecule has 0 unspecified atom stereocenters. The van der Waals surface area contributed by atoms with Gasteiger partial charge in [0.15, 0.2) is 0 Å². The molecule has 8 nitrogen and oxygen atoms in total. The first kappa shape index (κ1) is 25.2. The van der Waals surface area contributed by atoms with Gasteiger partial charge in [-0.2, -0.15) is 0 Å². The molecule has 8 heteroatoms. The van der Waals surface area contributed by atoms with E-state index < -0.39 is 17.8 Å². The van der Waals surface area contributed by atoms with Crippen molar-refractivity contribution in [1.82, 2.24) is 0 Å². The molecule has 0 saturated heterocycles. The highest BCUT2D eigenvalue weighted by molar-refractivity contribution is 6.16. The monoisotopic (exact) mass is 502 g/mol. The maximum Gasteiger partial charge on any atom is 0.336 e. The highest BCUT2D eigenvalue weighted by Gasteiger charge is 2.19. The summed E-state index contributed by atoms with van der Waals surface area (Å²) < 4.78 is 4.92. The summed E-state index contributed by atoms with van der Waals surface area (Å²) >= 11 is 0. The van der Waals surface area contributed by atoms with E-state index >= 15 is 0 Å². The van der Waals surface area contributed by atoms with Crippen molar-refractivity contribution in [3.63, 3.8) is 0 Å². The van der Waals surface area contributed by atoms with E-state index in [2.05, 4.69) is 22.5 Å². The number of ether oxygens (including phenoxy) is 1. The molecule has 38 heavy (non-hydrogen) atoms. The van der Waals surface area contributed by atoms with Gasteiger partial charge in [-0.05, 0) is 48.5 Å². The summed E-state index contributed by atoms with van der Waals surface area (Å²) in [5.41, 5.74) is 1.33. The first-order valence-electron chi connectivity index (χ1n) is 11.1. The van der Waals surface area contributed by atoms with Crippen LogP contribution in [0.5, 0.6) is 5.75 Å². The molecular weight excluding hydrogens is 484 g/mol. The SMILES string of the molecule is C#Cc1ccc(OC=O)c(C(=O)Nc2cccc3c(NC(=O)c4ccc(C#C)cc4C(=O)O)cccc23)c1. The number of terminal acetylenes is 2. The zero-order chi connectivity index (χ0) is 27.2. The maximum absolute atomic E-state index is 13.1. The average molecular weight is 502 g/mol. The van der Waals surface area contributed by atoms with Crippen LogP contribution in [0.2, 0.25) is 0 Å². The van der Waals surface area contributed by atoms with Gasteiger partial charge in [0.1, 0.15) is 5.75 Å². The van der Waals surface area contributed by atoms with Crippen LogP contribution in [0.4, 0.5) is 11.4 Å². The Balaban J connectivity index is 1.68. The molecule has 0 aliphatic heterocycles. The molecule has 0 spiro atoms. The number of nitrogens with one attached hydrogen (secondary N) is 2. The number of fused-ring (bicyclic) bond motifs is 1. The van der Waals surface area contributed by atoms with Gasteiger partial charge in [0.05, 0.1) is 16.7 Å². The van der Waals surface area contributed by atoms with Gasteiger partial charge < -0.3 is 20.5 Å². The lowest BCUT2D eigenvalue weighted by molar-refractivity contribution is -0.120. The molecule has 0 heterocycles. The van der Waals surface area contributed by atoms with Crippen molar-refractivity contribution in [3.8, 4) is 30.4 Å². The molecule has 184 valence electrons. The molecule has 0 atom stereocenters. The van der Waals surface area contributed by atoms with Gasteiger partial charge in [-0.3, -0.25) is 14.4 Å². The lowest BCUT2D eigenvalue weighted by Crippen LogP contribution is -2.17. The van der Waals surface area contributed by atoms with Gasteiger partial charge >= 0.3 is 5.97 Å². The molecule has 2 amide bonds. The average Bonchev–Trinajstić information content (AvgIpc) is 2.93. The minimum atomic E-state index is -1.29. The Bertz CT molecular complexity index is 1710. The van der Waals surface area contributed by atoms with Crippen LogP contribution >= 0.6 is 0 Å². The molecule has 0 radical (unpaired) electrons. The summed E-state index contributed by atoms with van der Waals surface area (Å²) in [6.45, 7) is 0.213. The summed E-state index contributed by atoms with van der Waals surface area (Å²) in [4.78, 5) is 48.7. The Kier molecular flexibility index (Phi) is 7.18. The van der Waals surface area contributed by atoms with Gasteiger partial charge in [-0.25, -0.2) is 4.79 Å². The Labute approximate surface area is 217 Å². The summed E-state index contributed by atoms with van der Waals surface area (Å²) in [5.74, 6) is 2.31. The number of hydrogen-bond donors (Lipinski definition) is 3. The molecule has 0 saturated carbocycles. The third kappa shape index (κ3) is 5.06. The van der Waals surface area contributed by atoms with Crippen LogP contribution in [0.25, 0.3) is 10.8 Å². The third-order valence-electron chi connectivity index (χ3n) is 5.65. The van der Waals surface area contributed by atoms with Crippen molar-refractivity contribution in [2.45, 2.75) is 0 Å². The second-order valence-corrected chi connectivity index (χ2v) is 7.89. The van der Waals surface area contributed by atoms with E-state index in [1.165, 1.54) is 30.3 Å². The summed E-state index contributed by atoms with van der Waals surface area (Å²) in [7, 11) is 0. The number of hydrogen-bond acceptors (Lipinski definition) is 5. The number of aromatic carboxylic acids is 1. The van der Waals surface area contributed by atoms with Gasteiger partial charge in [-0.1, -0.05) is 36.1 Å². The molecule has 3 N–H and O–H groups in total. The lowest BCUT2D eigenvalue weighted by Gasteiger charge is -2.14. The third-order valence-corrected chi connectivity index (χ3v) is 5.65. The van der Waals surface area contributed by atoms with Crippen molar-refractivity contribution in [1.29, 1.82) is 0 Å². The predicted octanol–water partition coefficient (Wildman–Crippen LogP) is 4.54. The standard InChI is InChI=1S/C30H18N2O6/c1-3-18-11-13-22(23(15-18)30(36)37)28(34)31-25-9-5-8-21-20(25)7-6-10-26(21)32-29(35)24-16-19(4-2)12-14-27(24)38-17-33/h1-2,5-17H,(H,31,34)(H,32,35)(H,36,37). The topological polar surface area (TPSA) is 122 Å². The van der Waals surface area contributed by atoms with Crippen molar-refractivity contribution in [3.05, 3.63) is 101 Å². The number of carbonyl (C=O) groups is 4. The largest absolute Gasteiger partial charge is 0.478 e. The Morgan fingerprint density at radius 3 is 1.79 bits per heavy atom. The van der Waals surface area contributed by atoms with Crippen LogP contribution in [0.3, 0.4) is 0 Å². The normalized spacial score (nSPS) is 10.1. The van der Waals surface area contributed by atoms with Crippen LogP contribution in [-0.2, 0) is 4.79 Å². The van der Waals surface area contributed by atoms with E-state index in [0.717, 1.165) is 0 Å². The molecule has 0 aliphatic carbocycles. The van der Waals surface area contributed by atoms with Crippen LogP contribution < -0.4 is 15.4 Å². The second-order valence-electron chi connectivity index (χ2n) is 7.89. The predicted molar refractivity (Wildman–Crippen MR) is 142 cm³/mol. The van der Waals surface area contributed by atoms with E-state index in [0.29, 0.717) is 33.3 Å². The van der Waals surface area contributed by atoms with Gasteiger partial charge in [-0.15, -0.1) is 12.8 Å². The fourth-order valence-electron chi connectivity index (χ4n) is 3.87. The zero-order valence-corrected chi connectivity index (χ0v) is 19.6. The summed E-state index contributed by atoms with van der Waals surface area (Å²) in [6.07, 6.45) is 10.8. The number of carbonyl (C=O) groups excluding carboxylic acids is 3. The van der Waals surface area contributed by atoms with Crippen LogP contribution in [0, 0.1) is 24.7 Å². The fraction of sp³-hybridized carbons (Fsp3) is 0. The summed E-state index contributed by atoms with van der Waals surface area (Å²) in [6, 6.07) is 18.6. The summed E-state index contributed by atoms with van der Waals surface area (Å²) in [5, 5.41) is 16.2. The first-order valence-corrected chi connectivity index (χ1v) is 11.1. The number of anilines is 2.